The zero-order valence-electron chi connectivity index (χ0n) is 12.2. The zero-order chi connectivity index (χ0) is 14.2. The van der Waals surface area contributed by atoms with Crippen LogP contribution in [0.5, 0.6) is 0 Å². The monoisotopic (exact) mass is 265 g/mol. The van der Waals surface area contributed by atoms with Gasteiger partial charge in [-0.25, -0.2) is 4.79 Å². The molecule has 1 aromatic heterocycles. The first-order chi connectivity index (χ1) is 8.80. The molecule has 4 nitrogen and oxygen atoms in total. The number of hydrogen-bond acceptors (Lipinski definition) is 3. The van der Waals surface area contributed by atoms with Crippen molar-refractivity contribution in [2.24, 2.45) is 5.92 Å². The van der Waals surface area contributed by atoms with E-state index >= 15 is 0 Å². The maximum absolute atomic E-state index is 11.6. The van der Waals surface area contributed by atoms with Crippen LogP contribution in [0.4, 0.5) is 0 Å². The van der Waals surface area contributed by atoms with Gasteiger partial charge in [-0.1, -0.05) is 45.7 Å². The van der Waals surface area contributed by atoms with Crippen molar-refractivity contribution in [2.75, 3.05) is 0 Å². The molecule has 1 heterocycles. The zero-order valence-corrected chi connectivity index (χ0v) is 12.2. The van der Waals surface area contributed by atoms with E-state index in [4.69, 9.17) is 4.52 Å². The fourth-order valence-electron chi connectivity index (χ4n) is 2.83. The van der Waals surface area contributed by atoms with E-state index in [1.165, 1.54) is 0 Å². The Balaban J connectivity index is 2.36. The molecule has 2 rings (SSSR count). The molecule has 1 aromatic rings. The van der Waals surface area contributed by atoms with Crippen molar-refractivity contribution < 1.29 is 14.4 Å². The van der Waals surface area contributed by atoms with Crippen LogP contribution in [0, 0.1) is 5.92 Å². The third-order valence-corrected chi connectivity index (χ3v) is 4.02. The highest BCUT2D eigenvalue weighted by Crippen LogP contribution is 2.39. The highest BCUT2D eigenvalue weighted by atomic mass is 16.5. The summed E-state index contributed by atoms with van der Waals surface area (Å²) in [6.45, 7) is 8.10. The lowest BCUT2D eigenvalue weighted by atomic mass is 9.79. The number of aromatic nitrogens is 1. The standard InChI is InChI=1S/C15H23NO3/c1-9-5-7-10(8-6-9)12-11(14(17)18)13(19-16-12)15(2,3)4/h9-10H,5-8H2,1-4H3,(H,17,18). The molecular formula is C15H23NO3. The summed E-state index contributed by atoms with van der Waals surface area (Å²) in [5.74, 6) is 0.550. The summed E-state index contributed by atoms with van der Waals surface area (Å²) in [7, 11) is 0. The normalized spacial score (nSPS) is 24.4. The van der Waals surface area contributed by atoms with Gasteiger partial charge in [-0.3, -0.25) is 0 Å². The number of aromatic carboxylic acids is 1. The van der Waals surface area contributed by atoms with E-state index in [0.717, 1.165) is 31.6 Å². The van der Waals surface area contributed by atoms with Gasteiger partial charge in [0.25, 0.3) is 0 Å². The third kappa shape index (κ3) is 2.82. The van der Waals surface area contributed by atoms with Crippen molar-refractivity contribution in [3.05, 3.63) is 17.0 Å². The quantitative estimate of drug-likeness (QED) is 0.879. The SMILES string of the molecule is CC1CCC(c2noc(C(C)(C)C)c2C(=O)O)CC1. The topological polar surface area (TPSA) is 63.3 Å². The van der Waals surface area contributed by atoms with Gasteiger partial charge in [-0.05, 0) is 18.8 Å². The Bertz CT molecular complexity index is 462. The Morgan fingerprint density at radius 1 is 1.26 bits per heavy atom. The Kier molecular flexibility index (Phi) is 3.70. The largest absolute Gasteiger partial charge is 0.477 e. The molecule has 19 heavy (non-hydrogen) atoms. The van der Waals surface area contributed by atoms with Crippen LogP contribution >= 0.6 is 0 Å². The van der Waals surface area contributed by atoms with Gasteiger partial charge in [-0.15, -0.1) is 0 Å². The molecule has 0 spiro atoms. The molecule has 0 atom stereocenters. The van der Waals surface area contributed by atoms with Gasteiger partial charge in [-0.2, -0.15) is 0 Å². The molecule has 0 saturated heterocycles. The molecule has 4 heteroatoms. The fraction of sp³-hybridized carbons (Fsp3) is 0.733. The van der Waals surface area contributed by atoms with Crippen molar-refractivity contribution in [1.29, 1.82) is 0 Å². The predicted molar refractivity (Wildman–Crippen MR) is 72.5 cm³/mol. The molecule has 0 bridgehead atoms. The Labute approximate surface area is 114 Å². The first-order valence-electron chi connectivity index (χ1n) is 7.04. The van der Waals surface area contributed by atoms with Crippen LogP contribution in [0.2, 0.25) is 0 Å². The highest BCUT2D eigenvalue weighted by molar-refractivity contribution is 5.90. The molecule has 1 aliphatic rings. The number of rotatable bonds is 2. The molecule has 0 radical (unpaired) electrons. The summed E-state index contributed by atoms with van der Waals surface area (Å²) in [6, 6.07) is 0. The minimum atomic E-state index is -0.917. The van der Waals surface area contributed by atoms with Gasteiger partial charge in [0.2, 0.25) is 0 Å². The van der Waals surface area contributed by atoms with Crippen molar-refractivity contribution >= 4 is 5.97 Å². The Morgan fingerprint density at radius 3 is 2.32 bits per heavy atom. The minimum Gasteiger partial charge on any atom is -0.477 e. The van der Waals surface area contributed by atoms with Gasteiger partial charge in [0, 0.05) is 11.3 Å². The number of carboxylic acids is 1. The third-order valence-electron chi connectivity index (χ3n) is 4.02. The highest BCUT2D eigenvalue weighted by Gasteiger charge is 2.34. The fourth-order valence-corrected chi connectivity index (χ4v) is 2.83. The molecule has 0 amide bonds. The van der Waals surface area contributed by atoms with Gasteiger partial charge in [0.05, 0.1) is 0 Å². The first-order valence-corrected chi connectivity index (χ1v) is 7.04. The van der Waals surface area contributed by atoms with Crippen molar-refractivity contribution in [3.63, 3.8) is 0 Å². The van der Waals surface area contributed by atoms with E-state index in [0.29, 0.717) is 17.0 Å². The lowest BCUT2D eigenvalue weighted by molar-refractivity contribution is 0.0690. The molecule has 1 aliphatic carbocycles. The van der Waals surface area contributed by atoms with E-state index in [9.17, 15) is 9.90 Å². The summed E-state index contributed by atoms with van der Waals surface area (Å²) >= 11 is 0. The van der Waals surface area contributed by atoms with Gasteiger partial charge in [0.1, 0.15) is 11.3 Å². The molecule has 1 fully saturated rings. The summed E-state index contributed by atoms with van der Waals surface area (Å²) in [5.41, 5.74) is 0.623. The lowest BCUT2D eigenvalue weighted by Gasteiger charge is -2.25. The van der Waals surface area contributed by atoms with Gasteiger partial charge < -0.3 is 9.63 Å². The number of carboxylic acid groups (broad SMARTS) is 1. The summed E-state index contributed by atoms with van der Waals surface area (Å²) in [4.78, 5) is 11.6. The van der Waals surface area contributed by atoms with E-state index in [1.54, 1.807) is 0 Å². The first kappa shape index (κ1) is 14.1. The van der Waals surface area contributed by atoms with Crippen LogP contribution in [0.3, 0.4) is 0 Å². The van der Waals surface area contributed by atoms with Crippen LogP contribution in [0.25, 0.3) is 0 Å². The van der Waals surface area contributed by atoms with Crippen LogP contribution in [0.1, 0.15) is 81.1 Å². The van der Waals surface area contributed by atoms with Crippen LogP contribution < -0.4 is 0 Å². The summed E-state index contributed by atoms with van der Waals surface area (Å²) in [6.07, 6.45) is 4.30. The molecule has 106 valence electrons. The van der Waals surface area contributed by atoms with Gasteiger partial charge in [0.15, 0.2) is 5.76 Å². The van der Waals surface area contributed by atoms with Crippen molar-refractivity contribution in [2.45, 2.75) is 64.7 Å². The van der Waals surface area contributed by atoms with Crippen molar-refractivity contribution in [1.82, 2.24) is 5.16 Å². The van der Waals surface area contributed by atoms with E-state index in [-0.39, 0.29) is 11.3 Å². The van der Waals surface area contributed by atoms with E-state index < -0.39 is 5.97 Å². The van der Waals surface area contributed by atoms with E-state index in [2.05, 4.69) is 12.1 Å². The molecule has 0 aromatic carbocycles. The smallest absolute Gasteiger partial charge is 0.341 e. The van der Waals surface area contributed by atoms with E-state index in [1.807, 2.05) is 20.8 Å². The second kappa shape index (κ2) is 4.99. The molecule has 1 N–H and O–H groups in total. The van der Waals surface area contributed by atoms with Crippen LogP contribution in [-0.2, 0) is 5.41 Å². The number of carbonyl (C=O) groups is 1. The number of nitrogens with zero attached hydrogens (tertiary/aromatic N) is 1. The van der Waals surface area contributed by atoms with Crippen molar-refractivity contribution in [3.8, 4) is 0 Å². The van der Waals surface area contributed by atoms with Crippen LogP contribution in [-0.4, -0.2) is 16.2 Å². The lowest BCUT2D eigenvalue weighted by Crippen LogP contribution is -2.18. The summed E-state index contributed by atoms with van der Waals surface area (Å²) < 4.78 is 5.37. The Hall–Kier alpha value is -1.32. The molecule has 1 saturated carbocycles. The average Bonchev–Trinajstić information content (AvgIpc) is 2.74. The average molecular weight is 265 g/mol. The van der Waals surface area contributed by atoms with Gasteiger partial charge >= 0.3 is 5.97 Å². The molecular weight excluding hydrogens is 242 g/mol. The maximum atomic E-state index is 11.6. The second-order valence-corrected chi connectivity index (χ2v) is 6.78. The predicted octanol–water partition coefficient (Wildman–Crippen LogP) is 3.96. The maximum Gasteiger partial charge on any atom is 0.341 e. The Morgan fingerprint density at radius 2 is 1.84 bits per heavy atom. The molecule has 0 aliphatic heterocycles. The number of hydrogen-bond donors (Lipinski definition) is 1. The summed E-state index contributed by atoms with van der Waals surface area (Å²) in [5, 5.41) is 13.6. The second-order valence-electron chi connectivity index (χ2n) is 6.78. The van der Waals surface area contributed by atoms with Crippen LogP contribution in [0.15, 0.2) is 4.52 Å². The molecule has 0 unspecified atom stereocenters. The minimum absolute atomic E-state index is 0.238.